The largest absolute Gasteiger partial charge is 0.339 e. The van der Waals surface area contributed by atoms with Gasteiger partial charge in [0.25, 0.3) is 5.91 Å². The zero-order chi connectivity index (χ0) is 13.1. The molecular weight excluding hydrogens is 271 g/mol. The molecule has 1 aromatic rings. The number of nitrogens with zero attached hydrogens (tertiary/aromatic N) is 2. The maximum absolute atomic E-state index is 12.3. The fourth-order valence-electron chi connectivity index (χ4n) is 2.29. The first kappa shape index (κ1) is 13.6. The van der Waals surface area contributed by atoms with Crippen molar-refractivity contribution in [1.29, 1.82) is 0 Å². The number of carbonyl (C=O) groups excluding carboxylic acids is 1. The third kappa shape index (κ3) is 2.96. The average molecular weight is 287 g/mol. The van der Waals surface area contributed by atoms with Crippen LogP contribution in [0.15, 0.2) is 12.1 Å². The number of aromatic nitrogens is 1. The van der Waals surface area contributed by atoms with Crippen LogP contribution in [-0.4, -0.2) is 28.9 Å². The molecule has 2 heterocycles. The number of hydrogen-bond donors (Lipinski definition) is 0. The highest BCUT2D eigenvalue weighted by Gasteiger charge is 2.24. The number of pyridine rings is 1. The van der Waals surface area contributed by atoms with E-state index in [1.165, 1.54) is 6.42 Å². The summed E-state index contributed by atoms with van der Waals surface area (Å²) in [5, 5.41) is 0.492. The van der Waals surface area contributed by atoms with Gasteiger partial charge in [0, 0.05) is 13.1 Å². The molecule has 0 aromatic carbocycles. The van der Waals surface area contributed by atoms with E-state index in [9.17, 15) is 4.79 Å². The van der Waals surface area contributed by atoms with E-state index in [0.717, 1.165) is 31.8 Å². The van der Waals surface area contributed by atoms with Crippen LogP contribution < -0.4 is 0 Å². The van der Waals surface area contributed by atoms with Crippen LogP contribution in [0.2, 0.25) is 10.3 Å². The van der Waals surface area contributed by atoms with Crippen molar-refractivity contribution in [3.05, 3.63) is 28.0 Å². The lowest BCUT2D eigenvalue weighted by Crippen LogP contribution is -2.38. The third-order valence-corrected chi connectivity index (χ3v) is 4.02. The minimum Gasteiger partial charge on any atom is -0.339 e. The summed E-state index contributed by atoms with van der Waals surface area (Å²) in [6.45, 7) is 3.80. The van der Waals surface area contributed by atoms with Crippen LogP contribution in [-0.2, 0) is 0 Å². The molecule has 5 heteroatoms. The second kappa shape index (κ2) is 5.89. The molecule has 0 bridgehead atoms. The van der Waals surface area contributed by atoms with Crippen molar-refractivity contribution in [2.75, 3.05) is 13.1 Å². The Kier molecular flexibility index (Phi) is 4.46. The van der Waals surface area contributed by atoms with Gasteiger partial charge in [-0.2, -0.15) is 0 Å². The molecule has 2 rings (SSSR count). The van der Waals surface area contributed by atoms with Crippen molar-refractivity contribution >= 4 is 29.1 Å². The molecule has 1 aliphatic rings. The summed E-state index contributed by atoms with van der Waals surface area (Å²) in [6, 6.07) is 3.24. The van der Waals surface area contributed by atoms with Crippen LogP contribution in [0.1, 0.15) is 36.5 Å². The maximum atomic E-state index is 12.3. The SMILES string of the molecule is CCC1CCN(C(=O)c2ccc(Cl)nc2Cl)CC1. The lowest BCUT2D eigenvalue weighted by Gasteiger charge is -2.31. The first-order chi connectivity index (χ1) is 8.61. The smallest absolute Gasteiger partial charge is 0.256 e. The van der Waals surface area contributed by atoms with Gasteiger partial charge in [0.05, 0.1) is 5.56 Å². The Morgan fingerprint density at radius 2 is 2.06 bits per heavy atom. The van der Waals surface area contributed by atoms with Gasteiger partial charge in [-0.15, -0.1) is 0 Å². The number of halogens is 2. The molecule has 1 fully saturated rings. The van der Waals surface area contributed by atoms with Gasteiger partial charge in [-0.3, -0.25) is 4.79 Å². The highest BCUT2D eigenvalue weighted by atomic mass is 35.5. The Balaban J connectivity index is 2.08. The van der Waals surface area contributed by atoms with E-state index in [1.807, 2.05) is 4.90 Å². The van der Waals surface area contributed by atoms with Crippen molar-refractivity contribution in [3.8, 4) is 0 Å². The van der Waals surface area contributed by atoms with Gasteiger partial charge in [-0.1, -0.05) is 36.5 Å². The molecule has 1 saturated heterocycles. The Hall–Kier alpha value is -0.800. The molecule has 1 amide bonds. The second-order valence-corrected chi connectivity index (χ2v) is 5.36. The van der Waals surface area contributed by atoms with Crippen LogP contribution in [0, 0.1) is 5.92 Å². The monoisotopic (exact) mass is 286 g/mol. The van der Waals surface area contributed by atoms with Crippen LogP contribution in [0.4, 0.5) is 0 Å². The zero-order valence-electron chi connectivity index (χ0n) is 10.3. The van der Waals surface area contributed by atoms with E-state index in [2.05, 4.69) is 11.9 Å². The molecule has 0 unspecified atom stereocenters. The number of rotatable bonds is 2. The minimum absolute atomic E-state index is 0.0429. The summed E-state index contributed by atoms with van der Waals surface area (Å²) >= 11 is 11.7. The minimum atomic E-state index is -0.0429. The van der Waals surface area contributed by atoms with Gasteiger partial charge in [0.15, 0.2) is 0 Å². The fourth-order valence-corrected chi connectivity index (χ4v) is 2.71. The molecule has 0 aliphatic carbocycles. The van der Waals surface area contributed by atoms with Crippen molar-refractivity contribution in [1.82, 2.24) is 9.88 Å². The van der Waals surface area contributed by atoms with Gasteiger partial charge in [-0.05, 0) is 30.9 Å². The number of amides is 1. The normalized spacial score (nSPS) is 16.9. The average Bonchev–Trinajstić information content (AvgIpc) is 2.38. The summed E-state index contributed by atoms with van der Waals surface area (Å²) in [5.74, 6) is 0.701. The lowest BCUT2D eigenvalue weighted by atomic mass is 9.94. The highest BCUT2D eigenvalue weighted by molar-refractivity contribution is 6.34. The van der Waals surface area contributed by atoms with E-state index in [0.29, 0.717) is 10.7 Å². The van der Waals surface area contributed by atoms with Gasteiger partial charge >= 0.3 is 0 Å². The van der Waals surface area contributed by atoms with E-state index in [4.69, 9.17) is 23.2 Å². The Morgan fingerprint density at radius 3 is 2.61 bits per heavy atom. The molecule has 1 aliphatic heterocycles. The van der Waals surface area contributed by atoms with Crippen LogP contribution >= 0.6 is 23.2 Å². The molecule has 1 aromatic heterocycles. The molecule has 0 radical (unpaired) electrons. The van der Waals surface area contributed by atoms with Crippen LogP contribution in [0.3, 0.4) is 0 Å². The van der Waals surface area contributed by atoms with Gasteiger partial charge in [0.1, 0.15) is 10.3 Å². The molecule has 0 atom stereocenters. The summed E-state index contributed by atoms with van der Waals surface area (Å²) in [6.07, 6.45) is 3.33. The fraction of sp³-hybridized carbons (Fsp3) is 0.538. The maximum Gasteiger partial charge on any atom is 0.256 e. The predicted molar refractivity (Wildman–Crippen MR) is 73.2 cm³/mol. The van der Waals surface area contributed by atoms with Gasteiger partial charge in [0.2, 0.25) is 0 Å². The van der Waals surface area contributed by atoms with Crippen LogP contribution in [0.25, 0.3) is 0 Å². The summed E-state index contributed by atoms with van der Waals surface area (Å²) in [5.41, 5.74) is 0.441. The van der Waals surface area contributed by atoms with E-state index in [-0.39, 0.29) is 11.1 Å². The molecule has 3 nitrogen and oxygen atoms in total. The summed E-state index contributed by atoms with van der Waals surface area (Å²) in [4.78, 5) is 18.0. The molecule has 0 N–H and O–H groups in total. The lowest BCUT2D eigenvalue weighted by molar-refractivity contribution is 0.0688. The number of carbonyl (C=O) groups is 1. The van der Waals surface area contributed by atoms with Gasteiger partial charge < -0.3 is 4.90 Å². The van der Waals surface area contributed by atoms with E-state index < -0.39 is 0 Å². The first-order valence-corrected chi connectivity index (χ1v) is 6.98. The van der Waals surface area contributed by atoms with Crippen molar-refractivity contribution in [2.24, 2.45) is 5.92 Å². The number of piperidine rings is 1. The third-order valence-electron chi connectivity index (χ3n) is 3.52. The molecule has 0 saturated carbocycles. The molecule has 0 spiro atoms. The Bertz CT molecular complexity index is 443. The van der Waals surface area contributed by atoms with E-state index in [1.54, 1.807) is 12.1 Å². The molecular formula is C13H16Cl2N2O. The zero-order valence-corrected chi connectivity index (χ0v) is 11.8. The second-order valence-electron chi connectivity index (χ2n) is 4.62. The quantitative estimate of drug-likeness (QED) is 0.778. The standard InChI is InChI=1S/C13H16Cl2N2O/c1-2-9-5-7-17(8-6-9)13(18)10-3-4-11(14)16-12(10)15/h3-4,9H,2,5-8H2,1H3. The summed E-state index contributed by atoms with van der Waals surface area (Å²) in [7, 11) is 0. The predicted octanol–water partition coefficient (Wildman–Crippen LogP) is 3.65. The number of hydrogen-bond acceptors (Lipinski definition) is 2. The topological polar surface area (TPSA) is 33.2 Å². The number of likely N-dealkylation sites (tertiary alicyclic amines) is 1. The van der Waals surface area contributed by atoms with Crippen molar-refractivity contribution in [2.45, 2.75) is 26.2 Å². The van der Waals surface area contributed by atoms with E-state index >= 15 is 0 Å². The molecule has 98 valence electrons. The Labute approximate surface area is 117 Å². The van der Waals surface area contributed by atoms with Crippen molar-refractivity contribution in [3.63, 3.8) is 0 Å². The molecule has 18 heavy (non-hydrogen) atoms. The van der Waals surface area contributed by atoms with Gasteiger partial charge in [-0.25, -0.2) is 4.98 Å². The highest BCUT2D eigenvalue weighted by Crippen LogP contribution is 2.23. The van der Waals surface area contributed by atoms with Crippen molar-refractivity contribution < 1.29 is 4.79 Å². The van der Waals surface area contributed by atoms with Crippen LogP contribution in [0.5, 0.6) is 0 Å². The summed E-state index contributed by atoms with van der Waals surface area (Å²) < 4.78 is 0. The first-order valence-electron chi connectivity index (χ1n) is 6.23. The Morgan fingerprint density at radius 1 is 1.39 bits per heavy atom.